The summed E-state index contributed by atoms with van der Waals surface area (Å²) >= 11 is 43.1. The average Bonchev–Trinajstić information content (AvgIpc) is 0.439. The minimum absolute atomic E-state index is 0.00449. The van der Waals surface area contributed by atoms with Crippen LogP contribution in [0.4, 0.5) is 75.2 Å². The van der Waals surface area contributed by atoms with Crippen LogP contribution in [0.15, 0.2) is 140 Å². The first-order chi connectivity index (χ1) is 68.9. The van der Waals surface area contributed by atoms with E-state index in [4.69, 9.17) is 82.2 Å². The molecule has 6 fully saturated rings. The Labute approximate surface area is 874 Å². The minimum Gasteiger partial charge on any atom is -0.361 e. The van der Waals surface area contributed by atoms with Crippen molar-refractivity contribution < 1.29 is 89.9 Å². The van der Waals surface area contributed by atoms with E-state index in [-0.39, 0.29) is 103 Å². The number of fused-ring (bicyclic) bond motifs is 6. The standard InChI is InChI=1S/C20H19BrFN3O3S.C20H19ClFN3O3S.C14H12ClF4N3O3S.C14H15ClFN3O3S.C13H12BrClFN3.C13H12Cl2FN3/c2*1-13-5-7-15(8-6-13)29(26,27)28-19-16-11-14(22)12-17(21)18(16)23-20(24-19)25-9-3-2-4-10-25;15-10-7-8(16)6-9-11(10)20-13(22-4-2-1-3-5-22)21-12(9)25-26(23,24)14(17,18)19;1-23(20,21)22-13-10-7-9(16)8-11(15)12(10)17-14(18-13)19-5-3-2-4-6-19;14-12-9-6-8(16)7-10(15)11(9)17-13(18-12)19-4-2-1-3-5-19;14-10-7-8(16)6-9-11(10)17-13(18-12(9)15)19-4-2-1-3-5-19/h2*5-8,11-12H,2-4,9-10H2,1H3;6-7H,1-5H2;7-8H,2-6H2,1H3;2*6-7H,1-5H2. The van der Waals surface area contributed by atoms with Gasteiger partial charge in [0.1, 0.15) is 54.5 Å². The molecular formula is C94H89Br2Cl6F9N18O12S4. The van der Waals surface area contributed by atoms with Crippen LogP contribution in [0.1, 0.15) is 127 Å². The van der Waals surface area contributed by atoms with Crippen molar-refractivity contribution >= 4 is 243 Å². The van der Waals surface area contributed by atoms with Gasteiger partial charge in [-0.05, 0) is 258 Å². The van der Waals surface area contributed by atoms with Gasteiger partial charge in [0.25, 0.3) is 0 Å². The molecule has 8 aromatic carbocycles. The lowest BCUT2D eigenvalue weighted by atomic mass is 10.1. The predicted molar refractivity (Wildman–Crippen MR) is 548 cm³/mol. The molecule has 0 atom stereocenters. The second-order valence-corrected chi connectivity index (χ2v) is 44.6. The Kier molecular flexibility index (Phi) is 35.3. The minimum atomic E-state index is -5.99. The first-order valence-corrected chi connectivity index (χ1v) is 55.5. The molecular weight excluding hydrogens is 2240 g/mol. The van der Waals surface area contributed by atoms with E-state index in [1.54, 1.807) is 29.2 Å². The molecule has 0 unspecified atom stereocenters. The van der Waals surface area contributed by atoms with Crippen LogP contribution < -0.4 is 46.1 Å². The van der Waals surface area contributed by atoms with Gasteiger partial charge in [-0.2, -0.15) is 66.8 Å². The Morgan fingerprint density at radius 3 is 0.821 bits per heavy atom. The van der Waals surface area contributed by atoms with E-state index in [0.29, 0.717) is 84.3 Å². The number of nitrogens with zero attached hydrogens (tertiary/aromatic N) is 18. The lowest BCUT2D eigenvalue weighted by molar-refractivity contribution is -0.0501. The highest BCUT2D eigenvalue weighted by Gasteiger charge is 2.49. The van der Waals surface area contributed by atoms with Crippen molar-refractivity contribution in [3.8, 4) is 23.5 Å². The molecule has 0 spiro atoms. The molecule has 6 aliphatic rings. The monoisotopic (exact) mass is 2330 g/mol. The molecule has 0 amide bonds. The van der Waals surface area contributed by atoms with E-state index in [9.17, 15) is 73.2 Å². The molecule has 0 aliphatic carbocycles. The summed E-state index contributed by atoms with van der Waals surface area (Å²) in [6.45, 7) is 13.1. The topological polar surface area (TPSA) is 348 Å². The lowest BCUT2D eigenvalue weighted by Gasteiger charge is -2.27. The fourth-order valence-corrected chi connectivity index (χ4v) is 21.5. The molecule has 770 valence electrons. The van der Waals surface area contributed by atoms with Gasteiger partial charge in [0, 0.05) is 93.8 Å². The summed E-state index contributed by atoms with van der Waals surface area (Å²) in [5.74, 6) is -2.82. The molecule has 20 rings (SSSR count). The van der Waals surface area contributed by atoms with Crippen LogP contribution in [0.3, 0.4) is 0 Å². The number of aryl methyl sites for hydroxylation is 2. The smallest absolute Gasteiger partial charge is 0.361 e. The third kappa shape index (κ3) is 27.4. The van der Waals surface area contributed by atoms with E-state index in [2.05, 4.69) is 106 Å². The quantitative estimate of drug-likeness (QED) is 0.0375. The van der Waals surface area contributed by atoms with Crippen molar-refractivity contribution in [3.63, 3.8) is 0 Å². The van der Waals surface area contributed by atoms with Gasteiger partial charge in [-0.3, -0.25) is 0 Å². The third-order valence-corrected chi connectivity index (χ3v) is 30.3. The van der Waals surface area contributed by atoms with E-state index in [0.717, 1.165) is 222 Å². The molecule has 6 aliphatic heterocycles. The van der Waals surface area contributed by atoms with Crippen molar-refractivity contribution in [1.82, 2.24) is 59.8 Å². The largest absolute Gasteiger partial charge is 0.534 e. The molecule has 6 saturated heterocycles. The number of benzene rings is 8. The Morgan fingerprint density at radius 2 is 0.524 bits per heavy atom. The van der Waals surface area contributed by atoms with E-state index >= 15 is 0 Å². The van der Waals surface area contributed by atoms with E-state index < -0.39 is 80.9 Å². The molecule has 51 heteroatoms. The van der Waals surface area contributed by atoms with Crippen LogP contribution in [-0.2, 0) is 40.5 Å². The molecule has 145 heavy (non-hydrogen) atoms. The van der Waals surface area contributed by atoms with Crippen molar-refractivity contribution in [3.05, 3.63) is 207 Å². The summed E-state index contributed by atoms with van der Waals surface area (Å²) in [6.07, 6.45) is 19.9. The number of rotatable bonds is 16. The number of anilines is 6. The molecule has 12 heterocycles. The summed E-state index contributed by atoms with van der Waals surface area (Å²) in [4.78, 5) is 63.6. The summed E-state index contributed by atoms with van der Waals surface area (Å²) in [5.41, 5.74) is -1.92. The Morgan fingerprint density at radius 1 is 0.290 bits per heavy atom. The van der Waals surface area contributed by atoms with Gasteiger partial charge in [0.05, 0.1) is 86.0 Å². The number of piperidine rings is 6. The van der Waals surface area contributed by atoms with Gasteiger partial charge in [0.15, 0.2) is 0 Å². The Bertz CT molecular complexity index is 7390. The first-order valence-electron chi connectivity index (χ1n) is 45.6. The van der Waals surface area contributed by atoms with Crippen LogP contribution in [0.25, 0.3) is 65.4 Å². The highest BCUT2D eigenvalue weighted by molar-refractivity contribution is 9.11. The molecule has 30 nitrogen and oxygen atoms in total. The lowest BCUT2D eigenvalue weighted by Crippen LogP contribution is -2.32. The number of hydrogen-bond acceptors (Lipinski definition) is 30. The van der Waals surface area contributed by atoms with Gasteiger partial charge in [-0.1, -0.05) is 105 Å². The molecule has 0 bridgehead atoms. The van der Waals surface area contributed by atoms with Gasteiger partial charge < -0.3 is 46.1 Å². The summed E-state index contributed by atoms with van der Waals surface area (Å²) in [6, 6.07) is 26.4. The maximum absolute atomic E-state index is 14.0. The van der Waals surface area contributed by atoms with Crippen molar-refractivity contribution in [2.45, 2.75) is 145 Å². The van der Waals surface area contributed by atoms with Gasteiger partial charge in [-0.25, -0.2) is 66.2 Å². The summed E-state index contributed by atoms with van der Waals surface area (Å²) in [5, 5.41) is 1.87. The number of aromatic nitrogens is 12. The maximum atomic E-state index is 14.0. The van der Waals surface area contributed by atoms with Crippen molar-refractivity contribution in [1.29, 1.82) is 0 Å². The number of hydrogen-bond donors (Lipinski definition) is 0. The molecule has 6 aromatic heterocycles. The van der Waals surface area contributed by atoms with Gasteiger partial charge >= 0.3 is 46.0 Å². The fourth-order valence-electron chi connectivity index (χ4n) is 16.4. The normalized spacial score (nSPS) is 15.6. The van der Waals surface area contributed by atoms with Crippen molar-refractivity contribution in [2.24, 2.45) is 0 Å². The fraction of sp³-hybridized carbons (Fsp3) is 0.362. The second kappa shape index (κ2) is 47.0. The highest BCUT2D eigenvalue weighted by atomic mass is 79.9. The second-order valence-electron chi connectivity index (χ2n) is 34.4. The van der Waals surface area contributed by atoms with Crippen LogP contribution in [0, 0.1) is 48.8 Å². The zero-order chi connectivity index (χ0) is 104. The number of halogens is 17. The Hall–Kier alpha value is -10.3. The molecule has 0 radical (unpaired) electrons. The van der Waals surface area contributed by atoms with Crippen molar-refractivity contribution in [2.75, 3.05) is 114 Å². The van der Waals surface area contributed by atoms with Gasteiger partial charge in [0.2, 0.25) is 59.2 Å². The third-order valence-electron chi connectivity index (χ3n) is 23.5. The average molecular weight is 2330 g/mol. The van der Waals surface area contributed by atoms with Crippen LogP contribution in [-0.4, -0.2) is 184 Å². The predicted octanol–water partition coefficient (Wildman–Crippen LogP) is 23.7. The van der Waals surface area contributed by atoms with E-state index in [1.807, 2.05) is 28.5 Å². The van der Waals surface area contributed by atoms with E-state index in [1.165, 1.54) is 73.5 Å². The summed E-state index contributed by atoms with van der Waals surface area (Å²) < 4.78 is 238. The maximum Gasteiger partial charge on any atom is 0.534 e. The molecule has 14 aromatic rings. The summed E-state index contributed by atoms with van der Waals surface area (Å²) in [7, 11) is -18.1. The number of alkyl halides is 3. The van der Waals surface area contributed by atoms with Gasteiger partial charge in [-0.15, -0.1) is 0 Å². The zero-order valence-corrected chi connectivity index (χ0v) is 88.2. The molecule has 0 N–H and O–H groups in total. The zero-order valence-electron chi connectivity index (χ0n) is 77.3. The first kappa shape index (κ1) is 109. The Balaban J connectivity index is 0.000000132. The SMILES string of the molecule is CS(=O)(=O)Oc1nc(N2CCCCC2)nc2c(Cl)cc(F)cc12.Cc1ccc(S(=O)(=O)Oc2nc(N3CCCCC3)nc3c(Br)cc(F)cc23)cc1.Cc1ccc(S(=O)(=O)Oc2nc(N3CCCCC3)nc3c(Cl)cc(F)cc23)cc1.Fc1cc(Cl)c2nc(N3CCCCC3)nc(Br)c2c1.Fc1cc(Cl)c2nc(N3CCCCC3)nc(Cl)c2c1.O=S(=O)(Oc1nc(N2CCCCC2)nc2c(Cl)cc(F)cc12)C(F)(F)F. The van der Waals surface area contributed by atoms with Crippen LogP contribution in [0.5, 0.6) is 23.5 Å². The molecule has 0 saturated carbocycles. The van der Waals surface area contributed by atoms with Crippen LogP contribution in [0.2, 0.25) is 30.3 Å². The highest BCUT2D eigenvalue weighted by Crippen LogP contribution is 2.42. The van der Waals surface area contributed by atoms with Crippen LogP contribution >= 0.6 is 101 Å².